The van der Waals surface area contributed by atoms with Gasteiger partial charge in [-0.15, -0.1) is 0 Å². The Morgan fingerprint density at radius 1 is 1.33 bits per heavy atom. The van der Waals surface area contributed by atoms with Crippen molar-refractivity contribution in [1.29, 1.82) is 0 Å². The summed E-state index contributed by atoms with van der Waals surface area (Å²) in [6.07, 6.45) is 2.20. The number of aldehydes is 1. The lowest BCUT2D eigenvalue weighted by Gasteiger charge is -2.30. The molecule has 0 spiro atoms. The molecule has 2 aromatic carbocycles. The Morgan fingerprint density at radius 3 is 2.88 bits per heavy atom. The first-order valence-corrected chi connectivity index (χ1v) is 7.31. The quantitative estimate of drug-likeness (QED) is 0.878. The molecule has 1 aliphatic rings. The molecule has 6 nitrogen and oxygen atoms in total. The van der Waals surface area contributed by atoms with E-state index in [2.05, 4.69) is 17.3 Å². The Hall–Kier alpha value is -3.15. The second-order valence-corrected chi connectivity index (χ2v) is 5.26. The molecule has 2 aromatic rings. The van der Waals surface area contributed by atoms with Gasteiger partial charge in [0, 0.05) is 11.1 Å². The minimum atomic E-state index is -0.637. The fourth-order valence-electron chi connectivity index (χ4n) is 2.51. The molecule has 3 rings (SSSR count). The van der Waals surface area contributed by atoms with Gasteiger partial charge in [-0.2, -0.15) is 0 Å². The molecular formula is C18H16N3O3. The number of rotatable bonds is 4. The van der Waals surface area contributed by atoms with Crippen LogP contribution in [0.2, 0.25) is 0 Å². The standard InChI is InChI=1S/C18H16N3O3/c1-12-7-8-13(24-2)9-15(12)18(23)20-21-11-19-16-6-4-3-5-14(16)17(21)10-22/h3-11,17H,1H2,2H3,(H,20,23). The van der Waals surface area contributed by atoms with Crippen LogP contribution in [-0.4, -0.2) is 30.7 Å². The fraction of sp³-hybridized carbons (Fsp3) is 0.111. The number of carbonyl (C=O) groups is 2. The van der Waals surface area contributed by atoms with E-state index in [0.717, 1.165) is 11.8 Å². The van der Waals surface area contributed by atoms with Crippen LogP contribution in [0, 0.1) is 6.92 Å². The lowest BCUT2D eigenvalue weighted by molar-refractivity contribution is -0.111. The molecule has 0 aromatic heterocycles. The van der Waals surface area contributed by atoms with Gasteiger partial charge in [0.1, 0.15) is 24.4 Å². The lowest BCUT2D eigenvalue weighted by Crippen LogP contribution is -2.45. The normalized spacial score (nSPS) is 15.6. The van der Waals surface area contributed by atoms with Crippen molar-refractivity contribution in [1.82, 2.24) is 10.4 Å². The minimum Gasteiger partial charge on any atom is -0.497 e. The summed E-state index contributed by atoms with van der Waals surface area (Å²) in [5.41, 5.74) is 5.05. The molecule has 1 unspecified atom stereocenters. The van der Waals surface area contributed by atoms with Gasteiger partial charge in [-0.05, 0) is 30.7 Å². The van der Waals surface area contributed by atoms with Crippen LogP contribution in [0.15, 0.2) is 47.5 Å². The average molecular weight is 322 g/mol. The van der Waals surface area contributed by atoms with E-state index < -0.39 is 11.9 Å². The predicted octanol–water partition coefficient (Wildman–Crippen LogP) is 2.44. The zero-order chi connectivity index (χ0) is 17.1. The number of methoxy groups -OCH3 is 1. The zero-order valence-corrected chi connectivity index (χ0v) is 13.1. The second kappa shape index (κ2) is 6.54. The van der Waals surface area contributed by atoms with Crippen LogP contribution in [0.5, 0.6) is 5.75 Å². The first-order chi connectivity index (χ1) is 11.6. The lowest BCUT2D eigenvalue weighted by atomic mass is 10.0. The predicted molar refractivity (Wildman–Crippen MR) is 90.2 cm³/mol. The van der Waals surface area contributed by atoms with Gasteiger partial charge in [0.2, 0.25) is 0 Å². The molecule has 1 atom stereocenters. The number of nitrogens with one attached hydrogen (secondary N) is 1. The smallest absolute Gasteiger partial charge is 0.270 e. The number of hydrogen-bond acceptors (Lipinski definition) is 5. The molecule has 1 amide bonds. The van der Waals surface area contributed by atoms with E-state index >= 15 is 0 Å². The highest BCUT2D eigenvalue weighted by Gasteiger charge is 2.26. The van der Waals surface area contributed by atoms with Gasteiger partial charge in [-0.3, -0.25) is 15.2 Å². The number of aliphatic imine (C=N–C) groups is 1. The van der Waals surface area contributed by atoms with Crippen molar-refractivity contribution in [2.75, 3.05) is 7.11 Å². The minimum absolute atomic E-state index is 0.367. The third-order valence-electron chi connectivity index (χ3n) is 3.80. The van der Waals surface area contributed by atoms with E-state index in [1.165, 1.54) is 18.5 Å². The Kier molecular flexibility index (Phi) is 4.29. The molecule has 1 heterocycles. The largest absolute Gasteiger partial charge is 0.497 e. The summed E-state index contributed by atoms with van der Waals surface area (Å²) in [7, 11) is 1.52. The first kappa shape index (κ1) is 15.7. The molecule has 0 aliphatic carbocycles. The van der Waals surface area contributed by atoms with E-state index in [0.29, 0.717) is 22.6 Å². The molecule has 0 fully saturated rings. The summed E-state index contributed by atoms with van der Waals surface area (Å²) >= 11 is 0. The maximum atomic E-state index is 12.5. The highest BCUT2D eigenvalue weighted by Crippen LogP contribution is 2.30. The summed E-state index contributed by atoms with van der Waals surface area (Å²) in [6, 6.07) is 11.7. The Labute approximate surface area is 139 Å². The summed E-state index contributed by atoms with van der Waals surface area (Å²) in [5.74, 6) is 0.161. The fourth-order valence-corrected chi connectivity index (χ4v) is 2.51. The number of amides is 1. The van der Waals surface area contributed by atoms with Gasteiger partial charge in [0.05, 0.1) is 12.8 Å². The summed E-state index contributed by atoms with van der Waals surface area (Å²) in [4.78, 5) is 28.3. The zero-order valence-electron chi connectivity index (χ0n) is 13.1. The molecule has 0 saturated heterocycles. The van der Waals surface area contributed by atoms with E-state index in [1.54, 1.807) is 18.2 Å². The third-order valence-corrected chi connectivity index (χ3v) is 3.80. The van der Waals surface area contributed by atoms with Gasteiger partial charge < -0.3 is 9.53 Å². The van der Waals surface area contributed by atoms with Crippen molar-refractivity contribution in [3.8, 4) is 5.75 Å². The van der Waals surface area contributed by atoms with E-state index in [4.69, 9.17) is 4.74 Å². The van der Waals surface area contributed by atoms with Gasteiger partial charge in [-0.25, -0.2) is 4.99 Å². The van der Waals surface area contributed by atoms with Gasteiger partial charge in [0.25, 0.3) is 5.91 Å². The first-order valence-electron chi connectivity index (χ1n) is 7.31. The summed E-state index contributed by atoms with van der Waals surface area (Å²) < 4.78 is 5.13. The van der Waals surface area contributed by atoms with E-state index in [9.17, 15) is 9.59 Å². The summed E-state index contributed by atoms with van der Waals surface area (Å²) in [6.45, 7) is 3.85. The van der Waals surface area contributed by atoms with Crippen molar-refractivity contribution >= 4 is 24.2 Å². The Bertz CT molecular complexity index is 817. The topological polar surface area (TPSA) is 71.0 Å². The molecule has 1 N–H and O–H groups in total. The second-order valence-electron chi connectivity index (χ2n) is 5.26. The number of benzene rings is 2. The molecule has 6 heteroatoms. The van der Waals surface area contributed by atoms with Crippen molar-refractivity contribution in [3.05, 3.63) is 66.1 Å². The SMILES string of the molecule is [CH2]c1ccc(OC)cc1C(=O)NN1C=Nc2ccccc2C1C=O. The number of hydrogen-bond donors (Lipinski definition) is 1. The molecule has 1 radical (unpaired) electrons. The van der Waals surface area contributed by atoms with E-state index in [1.807, 2.05) is 24.3 Å². The maximum absolute atomic E-state index is 12.5. The molecule has 1 aliphatic heterocycles. The number of nitrogens with zero attached hydrogens (tertiary/aromatic N) is 2. The molecule has 121 valence electrons. The third kappa shape index (κ3) is 2.86. The van der Waals surface area contributed by atoms with Crippen LogP contribution in [0.1, 0.15) is 27.5 Å². The molecule has 24 heavy (non-hydrogen) atoms. The summed E-state index contributed by atoms with van der Waals surface area (Å²) in [5, 5.41) is 1.39. The van der Waals surface area contributed by atoms with Gasteiger partial charge in [-0.1, -0.05) is 24.3 Å². The van der Waals surface area contributed by atoms with Crippen LogP contribution in [0.4, 0.5) is 5.69 Å². The molecular weight excluding hydrogens is 306 g/mol. The number of para-hydroxylation sites is 1. The van der Waals surface area contributed by atoms with Gasteiger partial charge in [0.15, 0.2) is 0 Å². The van der Waals surface area contributed by atoms with Crippen LogP contribution < -0.4 is 10.2 Å². The molecule has 0 bridgehead atoms. The van der Waals surface area contributed by atoms with Crippen LogP contribution in [0.25, 0.3) is 0 Å². The van der Waals surface area contributed by atoms with Crippen LogP contribution >= 0.6 is 0 Å². The van der Waals surface area contributed by atoms with E-state index in [-0.39, 0.29) is 0 Å². The monoisotopic (exact) mass is 322 g/mol. The Morgan fingerprint density at radius 2 is 2.12 bits per heavy atom. The number of fused-ring (bicyclic) bond motifs is 1. The number of ether oxygens (including phenoxy) is 1. The highest BCUT2D eigenvalue weighted by molar-refractivity contribution is 5.97. The van der Waals surface area contributed by atoms with Gasteiger partial charge >= 0.3 is 0 Å². The number of hydrazine groups is 1. The maximum Gasteiger partial charge on any atom is 0.270 e. The number of carbonyl (C=O) groups excluding carboxylic acids is 2. The molecule has 0 saturated carbocycles. The van der Waals surface area contributed by atoms with Crippen LogP contribution in [-0.2, 0) is 4.79 Å². The Balaban J connectivity index is 1.86. The van der Waals surface area contributed by atoms with Crippen molar-refractivity contribution in [2.45, 2.75) is 6.04 Å². The average Bonchev–Trinajstić information content (AvgIpc) is 2.61. The van der Waals surface area contributed by atoms with Crippen molar-refractivity contribution < 1.29 is 14.3 Å². The van der Waals surface area contributed by atoms with Crippen molar-refractivity contribution in [2.24, 2.45) is 4.99 Å². The highest BCUT2D eigenvalue weighted by atomic mass is 16.5. The van der Waals surface area contributed by atoms with Crippen molar-refractivity contribution in [3.63, 3.8) is 0 Å². The van der Waals surface area contributed by atoms with Crippen LogP contribution in [0.3, 0.4) is 0 Å².